The minimum Gasteiger partial charge on any atom is -0.481 e. The number of hydrogen-bond donors (Lipinski definition) is 1. The summed E-state index contributed by atoms with van der Waals surface area (Å²) in [6.07, 6.45) is 3.81. The van der Waals surface area contributed by atoms with Gasteiger partial charge in [-0.3, -0.25) is 4.79 Å². The quantitative estimate of drug-likeness (QED) is 0.734. The summed E-state index contributed by atoms with van der Waals surface area (Å²) in [5, 5.41) is 12.2. The van der Waals surface area contributed by atoms with E-state index in [1.165, 1.54) is 0 Å². The molecule has 0 saturated heterocycles. The molecule has 0 amide bonds. The van der Waals surface area contributed by atoms with Crippen LogP contribution in [-0.2, 0) is 11.2 Å². The lowest BCUT2D eigenvalue weighted by Gasteiger charge is -1.92. The minimum absolute atomic E-state index is 0.0255. The third-order valence-corrected chi connectivity index (χ3v) is 2.01. The van der Waals surface area contributed by atoms with Crippen molar-refractivity contribution in [2.75, 3.05) is 0 Å². The van der Waals surface area contributed by atoms with Gasteiger partial charge in [-0.1, -0.05) is 5.16 Å². The molecule has 1 N–H and O–H groups in total. The SMILES string of the molecule is O=C(O)Cc1nocc1C1CC1. The van der Waals surface area contributed by atoms with Gasteiger partial charge in [-0.25, -0.2) is 0 Å². The van der Waals surface area contributed by atoms with E-state index in [9.17, 15) is 4.79 Å². The molecule has 0 unspecified atom stereocenters. The van der Waals surface area contributed by atoms with E-state index in [0.717, 1.165) is 18.4 Å². The van der Waals surface area contributed by atoms with Crippen LogP contribution in [0.25, 0.3) is 0 Å². The molecule has 0 aliphatic heterocycles. The molecule has 1 fully saturated rings. The van der Waals surface area contributed by atoms with E-state index in [-0.39, 0.29) is 6.42 Å². The highest BCUT2D eigenvalue weighted by Crippen LogP contribution is 2.41. The normalized spacial score (nSPS) is 16.3. The van der Waals surface area contributed by atoms with Gasteiger partial charge in [0.25, 0.3) is 0 Å². The molecule has 0 spiro atoms. The lowest BCUT2D eigenvalue weighted by atomic mass is 10.1. The van der Waals surface area contributed by atoms with Crippen LogP contribution in [0.3, 0.4) is 0 Å². The summed E-state index contributed by atoms with van der Waals surface area (Å²) in [4.78, 5) is 10.4. The molecular formula is C8H9NO3. The van der Waals surface area contributed by atoms with Crippen LogP contribution < -0.4 is 0 Å². The van der Waals surface area contributed by atoms with E-state index in [4.69, 9.17) is 9.63 Å². The standard InChI is InChI=1S/C8H9NO3/c10-8(11)3-7-6(4-12-9-7)5-1-2-5/h4-5H,1-3H2,(H,10,11). The zero-order chi connectivity index (χ0) is 8.55. The summed E-state index contributed by atoms with van der Waals surface area (Å²) in [6, 6.07) is 0. The summed E-state index contributed by atoms with van der Waals surface area (Å²) < 4.78 is 4.73. The molecule has 0 atom stereocenters. The van der Waals surface area contributed by atoms with E-state index in [1.807, 2.05) is 0 Å². The van der Waals surface area contributed by atoms with Gasteiger partial charge in [0.15, 0.2) is 0 Å². The molecular weight excluding hydrogens is 158 g/mol. The summed E-state index contributed by atoms with van der Waals surface area (Å²) in [5.74, 6) is -0.351. The van der Waals surface area contributed by atoms with Crippen molar-refractivity contribution in [1.29, 1.82) is 0 Å². The lowest BCUT2D eigenvalue weighted by Crippen LogP contribution is -2.02. The van der Waals surface area contributed by atoms with E-state index in [0.29, 0.717) is 11.6 Å². The van der Waals surface area contributed by atoms with Crippen LogP contribution in [0.5, 0.6) is 0 Å². The van der Waals surface area contributed by atoms with Crippen LogP contribution in [0.1, 0.15) is 30.0 Å². The average Bonchev–Trinajstić information content (AvgIpc) is 2.73. The van der Waals surface area contributed by atoms with Crippen LogP contribution in [0.15, 0.2) is 10.8 Å². The summed E-state index contributed by atoms with van der Waals surface area (Å²) >= 11 is 0. The van der Waals surface area contributed by atoms with Gasteiger partial charge in [0.1, 0.15) is 6.26 Å². The molecule has 1 aliphatic carbocycles. The fraction of sp³-hybridized carbons (Fsp3) is 0.500. The summed E-state index contributed by atoms with van der Waals surface area (Å²) in [7, 11) is 0. The highest BCUT2D eigenvalue weighted by Gasteiger charge is 2.28. The third-order valence-electron chi connectivity index (χ3n) is 2.01. The molecule has 2 rings (SSSR count). The molecule has 1 saturated carbocycles. The number of carboxylic acid groups (broad SMARTS) is 1. The number of aliphatic carboxylic acids is 1. The van der Waals surface area contributed by atoms with Crippen LogP contribution in [0.4, 0.5) is 0 Å². The van der Waals surface area contributed by atoms with Crippen LogP contribution >= 0.6 is 0 Å². The highest BCUT2D eigenvalue weighted by atomic mass is 16.5. The Morgan fingerprint density at radius 2 is 2.50 bits per heavy atom. The van der Waals surface area contributed by atoms with Crippen LogP contribution in [0.2, 0.25) is 0 Å². The molecule has 1 aliphatic rings. The van der Waals surface area contributed by atoms with Crippen molar-refractivity contribution in [2.45, 2.75) is 25.2 Å². The second-order valence-electron chi connectivity index (χ2n) is 3.06. The van der Waals surface area contributed by atoms with Gasteiger partial charge in [0.2, 0.25) is 0 Å². The maximum Gasteiger partial charge on any atom is 0.309 e. The molecule has 1 aromatic heterocycles. The Morgan fingerprint density at radius 1 is 1.75 bits per heavy atom. The number of hydrogen-bond acceptors (Lipinski definition) is 3. The lowest BCUT2D eigenvalue weighted by molar-refractivity contribution is -0.136. The molecule has 0 aromatic carbocycles. The van der Waals surface area contributed by atoms with Crippen molar-refractivity contribution in [3.8, 4) is 0 Å². The first-order chi connectivity index (χ1) is 5.77. The van der Waals surface area contributed by atoms with Crippen molar-refractivity contribution in [3.05, 3.63) is 17.5 Å². The van der Waals surface area contributed by atoms with Gasteiger partial charge in [-0.15, -0.1) is 0 Å². The summed E-state index contributed by atoms with van der Waals surface area (Å²) in [5.41, 5.74) is 1.57. The topological polar surface area (TPSA) is 63.3 Å². The summed E-state index contributed by atoms with van der Waals surface area (Å²) in [6.45, 7) is 0. The third kappa shape index (κ3) is 1.32. The van der Waals surface area contributed by atoms with Crippen LogP contribution in [0, 0.1) is 0 Å². The van der Waals surface area contributed by atoms with Gasteiger partial charge in [-0.05, 0) is 18.8 Å². The molecule has 0 bridgehead atoms. The second kappa shape index (κ2) is 2.62. The Balaban J connectivity index is 2.18. The Labute approximate surface area is 69.2 Å². The van der Waals surface area contributed by atoms with Gasteiger partial charge < -0.3 is 9.63 Å². The van der Waals surface area contributed by atoms with Gasteiger partial charge in [-0.2, -0.15) is 0 Å². The predicted octanol–water partition coefficient (Wildman–Crippen LogP) is 1.18. The Bertz CT molecular complexity index is 301. The van der Waals surface area contributed by atoms with Crippen molar-refractivity contribution >= 4 is 5.97 Å². The van der Waals surface area contributed by atoms with Gasteiger partial charge in [0.05, 0.1) is 12.1 Å². The number of carbonyl (C=O) groups is 1. The maximum absolute atomic E-state index is 10.4. The molecule has 0 radical (unpaired) electrons. The van der Waals surface area contributed by atoms with Crippen molar-refractivity contribution in [1.82, 2.24) is 5.16 Å². The highest BCUT2D eigenvalue weighted by molar-refractivity contribution is 5.70. The molecule has 1 heterocycles. The second-order valence-corrected chi connectivity index (χ2v) is 3.06. The van der Waals surface area contributed by atoms with E-state index in [2.05, 4.69) is 5.16 Å². The first-order valence-corrected chi connectivity index (χ1v) is 3.92. The number of carboxylic acids is 1. The zero-order valence-corrected chi connectivity index (χ0v) is 6.49. The fourth-order valence-electron chi connectivity index (χ4n) is 1.27. The zero-order valence-electron chi connectivity index (χ0n) is 6.49. The van der Waals surface area contributed by atoms with Crippen LogP contribution in [-0.4, -0.2) is 16.2 Å². The minimum atomic E-state index is -0.856. The predicted molar refractivity (Wildman–Crippen MR) is 39.8 cm³/mol. The first-order valence-electron chi connectivity index (χ1n) is 3.92. The monoisotopic (exact) mass is 167 g/mol. The van der Waals surface area contributed by atoms with E-state index < -0.39 is 5.97 Å². The van der Waals surface area contributed by atoms with Crippen molar-refractivity contribution in [3.63, 3.8) is 0 Å². The molecule has 12 heavy (non-hydrogen) atoms. The number of nitrogens with zero attached hydrogens (tertiary/aromatic N) is 1. The smallest absolute Gasteiger partial charge is 0.309 e. The molecule has 64 valence electrons. The fourth-order valence-corrected chi connectivity index (χ4v) is 1.27. The van der Waals surface area contributed by atoms with Crippen molar-refractivity contribution in [2.24, 2.45) is 0 Å². The van der Waals surface area contributed by atoms with E-state index in [1.54, 1.807) is 6.26 Å². The maximum atomic E-state index is 10.4. The molecule has 1 aromatic rings. The molecule has 4 heteroatoms. The average molecular weight is 167 g/mol. The first kappa shape index (κ1) is 7.34. The van der Waals surface area contributed by atoms with Gasteiger partial charge in [0, 0.05) is 5.56 Å². The van der Waals surface area contributed by atoms with E-state index >= 15 is 0 Å². The largest absolute Gasteiger partial charge is 0.481 e. The number of aromatic nitrogens is 1. The Hall–Kier alpha value is -1.32. The Morgan fingerprint density at radius 3 is 3.08 bits per heavy atom. The van der Waals surface area contributed by atoms with Gasteiger partial charge >= 0.3 is 5.97 Å². The Kier molecular flexibility index (Phi) is 1.60. The van der Waals surface area contributed by atoms with Crippen molar-refractivity contribution < 1.29 is 14.4 Å². The molecule has 4 nitrogen and oxygen atoms in total. The number of rotatable bonds is 3.